The lowest BCUT2D eigenvalue weighted by atomic mass is 10.2. The Morgan fingerprint density at radius 3 is 3.00 bits per heavy atom. The summed E-state index contributed by atoms with van der Waals surface area (Å²) < 4.78 is 7.23. The van der Waals surface area contributed by atoms with Gasteiger partial charge in [0.2, 0.25) is 0 Å². The zero-order valence-electron chi connectivity index (χ0n) is 10.5. The number of methoxy groups -OCH3 is 1. The summed E-state index contributed by atoms with van der Waals surface area (Å²) in [6.45, 7) is 1.83. The van der Waals surface area contributed by atoms with E-state index in [1.54, 1.807) is 19.4 Å². The number of nitrogens with one attached hydrogen (secondary N) is 1. The van der Waals surface area contributed by atoms with Crippen molar-refractivity contribution in [1.82, 2.24) is 9.55 Å². The lowest BCUT2D eigenvalue weighted by molar-refractivity contribution is 0.415. The molecule has 0 radical (unpaired) electrons. The van der Waals surface area contributed by atoms with Gasteiger partial charge < -0.3 is 20.4 Å². The standard InChI is InChI=1S/C13H18N4O/c1-18-13-8-11(14)7-12(9-13)16-3-2-5-17-6-4-15-10-17/h4,6-10,16H,2-3,5,14H2,1H3. The van der Waals surface area contributed by atoms with Crippen molar-refractivity contribution in [2.75, 3.05) is 24.7 Å². The van der Waals surface area contributed by atoms with Crippen molar-refractivity contribution in [1.29, 1.82) is 0 Å². The molecule has 0 unspecified atom stereocenters. The maximum absolute atomic E-state index is 5.78. The van der Waals surface area contributed by atoms with Crippen LogP contribution >= 0.6 is 0 Å². The van der Waals surface area contributed by atoms with Gasteiger partial charge in [-0.2, -0.15) is 0 Å². The summed E-state index contributed by atoms with van der Waals surface area (Å²) in [5.74, 6) is 0.770. The Hall–Kier alpha value is -2.17. The average molecular weight is 246 g/mol. The third kappa shape index (κ3) is 3.41. The molecule has 0 aliphatic heterocycles. The third-order valence-corrected chi connectivity index (χ3v) is 2.65. The van der Waals surface area contributed by atoms with Crippen molar-refractivity contribution < 1.29 is 4.74 Å². The smallest absolute Gasteiger partial charge is 0.122 e. The van der Waals surface area contributed by atoms with Gasteiger partial charge in [-0.25, -0.2) is 4.98 Å². The summed E-state index contributed by atoms with van der Waals surface area (Å²) in [5.41, 5.74) is 7.47. The molecule has 0 aliphatic carbocycles. The Balaban J connectivity index is 1.81. The van der Waals surface area contributed by atoms with E-state index in [0.29, 0.717) is 5.69 Å². The minimum absolute atomic E-state index is 0.700. The Labute approximate surface area is 107 Å². The number of aryl methyl sites for hydroxylation is 1. The quantitative estimate of drug-likeness (QED) is 0.604. The molecule has 5 heteroatoms. The van der Waals surface area contributed by atoms with Crippen molar-refractivity contribution in [3.8, 4) is 5.75 Å². The van der Waals surface area contributed by atoms with Crippen molar-refractivity contribution in [3.63, 3.8) is 0 Å². The molecular formula is C13H18N4O. The number of imidazole rings is 1. The van der Waals surface area contributed by atoms with Crippen LogP contribution in [0.2, 0.25) is 0 Å². The number of hydrogen-bond donors (Lipinski definition) is 2. The molecular weight excluding hydrogens is 228 g/mol. The topological polar surface area (TPSA) is 65.1 Å². The zero-order chi connectivity index (χ0) is 12.8. The van der Waals surface area contributed by atoms with Crippen LogP contribution in [0.15, 0.2) is 36.9 Å². The van der Waals surface area contributed by atoms with E-state index >= 15 is 0 Å². The van der Waals surface area contributed by atoms with E-state index in [9.17, 15) is 0 Å². The fourth-order valence-electron chi connectivity index (χ4n) is 1.76. The molecule has 0 amide bonds. The molecule has 2 rings (SSSR count). The van der Waals surface area contributed by atoms with E-state index in [4.69, 9.17) is 10.5 Å². The second-order valence-electron chi connectivity index (χ2n) is 4.08. The molecule has 0 fully saturated rings. The molecule has 0 atom stereocenters. The van der Waals surface area contributed by atoms with Crippen molar-refractivity contribution in [3.05, 3.63) is 36.9 Å². The number of rotatable bonds is 6. The Kier molecular flexibility index (Phi) is 4.06. The molecule has 0 bridgehead atoms. The number of benzene rings is 1. The molecule has 0 aliphatic rings. The van der Waals surface area contributed by atoms with E-state index in [2.05, 4.69) is 14.9 Å². The van der Waals surface area contributed by atoms with Crippen molar-refractivity contribution in [2.45, 2.75) is 13.0 Å². The van der Waals surface area contributed by atoms with Crippen molar-refractivity contribution in [2.24, 2.45) is 0 Å². The lowest BCUT2D eigenvalue weighted by Gasteiger charge is -2.09. The SMILES string of the molecule is COc1cc(N)cc(NCCCn2ccnc2)c1. The van der Waals surface area contributed by atoms with Crippen molar-refractivity contribution >= 4 is 11.4 Å². The first kappa shape index (κ1) is 12.3. The van der Waals surface area contributed by atoms with Gasteiger partial charge in [0.1, 0.15) is 5.75 Å². The molecule has 0 spiro atoms. The van der Waals surface area contributed by atoms with Crippen LogP contribution in [-0.4, -0.2) is 23.2 Å². The minimum Gasteiger partial charge on any atom is -0.497 e. The third-order valence-electron chi connectivity index (χ3n) is 2.65. The molecule has 96 valence electrons. The second kappa shape index (κ2) is 5.95. The van der Waals surface area contributed by atoms with Crippen LogP contribution in [0.5, 0.6) is 5.75 Å². The highest BCUT2D eigenvalue weighted by atomic mass is 16.5. The van der Waals surface area contributed by atoms with E-state index in [0.717, 1.165) is 30.9 Å². The lowest BCUT2D eigenvalue weighted by Crippen LogP contribution is -2.06. The number of nitrogens with zero attached hydrogens (tertiary/aromatic N) is 2. The highest BCUT2D eigenvalue weighted by molar-refractivity contribution is 5.59. The number of aromatic nitrogens is 2. The van der Waals surface area contributed by atoms with E-state index in [1.807, 2.05) is 24.7 Å². The first-order chi connectivity index (χ1) is 8.78. The van der Waals surface area contributed by atoms with Crippen LogP contribution < -0.4 is 15.8 Å². The summed E-state index contributed by atoms with van der Waals surface area (Å²) in [7, 11) is 1.64. The summed E-state index contributed by atoms with van der Waals surface area (Å²) in [4.78, 5) is 4.00. The predicted molar refractivity (Wildman–Crippen MR) is 72.7 cm³/mol. The average Bonchev–Trinajstić information content (AvgIpc) is 2.87. The molecule has 1 aromatic carbocycles. The van der Waals surface area contributed by atoms with Crippen LogP contribution in [-0.2, 0) is 6.54 Å². The van der Waals surface area contributed by atoms with Gasteiger partial charge >= 0.3 is 0 Å². The molecule has 0 saturated carbocycles. The normalized spacial score (nSPS) is 10.3. The fraction of sp³-hybridized carbons (Fsp3) is 0.308. The monoisotopic (exact) mass is 246 g/mol. The zero-order valence-corrected chi connectivity index (χ0v) is 10.5. The maximum atomic E-state index is 5.78. The van der Waals surface area contributed by atoms with Gasteiger partial charge in [0.05, 0.1) is 13.4 Å². The number of ether oxygens (including phenoxy) is 1. The van der Waals surface area contributed by atoms with Gasteiger partial charge in [0.15, 0.2) is 0 Å². The van der Waals surface area contributed by atoms with Gasteiger partial charge in [-0.05, 0) is 12.5 Å². The van der Waals surface area contributed by atoms with E-state index in [-0.39, 0.29) is 0 Å². The summed E-state index contributed by atoms with van der Waals surface area (Å²) in [6, 6.07) is 5.64. The van der Waals surface area contributed by atoms with Gasteiger partial charge in [-0.3, -0.25) is 0 Å². The van der Waals surface area contributed by atoms with E-state index < -0.39 is 0 Å². The number of hydrogen-bond acceptors (Lipinski definition) is 4. The molecule has 2 aromatic rings. The molecule has 1 heterocycles. The van der Waals surface area contributed by atoms with Crippen LogP contribution in [0.1, 0.15) is 6.42 Å². The maximum Gasteiger partial charge on any atom is 0.122 e. The second-order valence-corrected chi connectivity index (χ2v) is 4.08. The Morgan fingerprint density at radius 2 is 2.28 bits per heavy atom. The minimum atomic E-state index is 0.700. The van der Waals surface area contributed by atoms with Crippen LogP contribution in [0.25, 0.3) is 0 Å². The molecule has 1 aromatic heterocycles. The summed E-state index contributed by atoms with van der Waals surface area (Å²) in [6.07, 6.45) is 6.59. The summed E-state index contributed by atoms with van der Waals surface area (Å²) in [5, 5.41) is 3.33. The molecule has 3 N–H and O–H groups in total. The van der Waals surface area contributed by atoms with Crippen LogP contribution in [0.3, 0.4) is 0 Å². The van der Waals surface area contributed by atoms with Gasteiger partial charge in [-0.1, -0.05) is 0 Å². The van der Waals surface area contributed by atoms with Crippen LogP contribution in [0.4, 0.5) is 11.4 Å². The van der Waals surface area contributed by atoms with Crippen LogP contribution in [0, 0.1) is 0 Å². The number of nitrogens with two attached hydrogens (primary N) is 1. The Morgan fingerprint density at radius 1 is 1.39 bits per heavy atom. The molecule has 5 nitrogen and oxygen atoms in total. The van der Waals surface area contributed by atoms with Gasteiger partial charge in [0, 0.05) is 49.0 Å². The molecule has 18 heavy (non-hydrogen) atoms. The molecule has 0 saturated heterocycles. The predicted octanol–water partition coefficient (Wildman–Crippen LogP) is 1.98. The van der Waals surface area contributed by atoms with Gasteiger partial charge in [-0.15, -0.1) is 0 Å². The highest BCUT2D eigenvalue weighted by Crippen LogP contribution is 2.21. The Bertz CT molecular complexity index is 482. The summed E-state index contributed by atoms with van der Waals surface area (Å²) >= 11 is 0. The highest BCUT2D eigenvalue weighted by Gasteiger charge is 1.98. The first-order valence-electron chi connectivity index (χ1n) is 5.92. The fourth-order valence-corrected chi connectivity index (χ4v) is 1.76. The van der Waals surface area contributed by atoms with Gasteiger partial charge in [0.25, 0.3) is 0 Å². The largest absolute Gasteiger partial charge is 0.497 e. The first-order valence-corrected chi connectivity index (χ1v) is 5.92. The number of anilines is 2. The van der Waals surface area contributed by atoms with E-state index in [1.165, 1.54) is 0 Å². The number of nitrogen functional groups attached to an aromatic ring is 1.